The molecule has 1 fully saturated rings. The van der Waals surface area contributed by atoms with Crippen LogP contribution in [0.15, 0.2) is 34.2 Å². The van der Waals surface area contributed by atoms with E-state index in [2.05, 4.69) is 32.2 Å². The Labute approximate surface area is 201 Å². The first kappa shape index (κ1) is 27.5. The Morgan fingerprint density at radius 3 is 2.68 bits per heavy atom. The molecule has 176 valence electrons. The second-order valence-corrected chi connectivity index (χ2v) is 8.94. The SMILES string of the molecule is CCC1CCCCN1CCNC(=NC)NCCNS(=O)(=O)c1cccc([N+](=O)[O-])c1.I. The van der Waals surface area contributed by atoms with Crippen molar-refractivity contribution in [3.05, 3.63) is 34.4 Å². The predicted molar refractivity (Wildman–Crippen MR) is 133 cm³/mol. The Morgan fingerprint density at radius 2 is 2.00 bits per heavy atom. The number of piperidine rings is 1. The van der Waals surface area contributed by atoms with Crippen molar-refractivity contribution < 1.29 is 13.3 Å². The zero-order chi connectivity index (χ0) is 22.0. The molecule has 3 N–H and O–H groups in total. The largest absolute Gasteiger partial charge is 0.355 e. The van der Waals surface area contributed by atoms with Gasteiger partial charge in [0.05, 0.1) is 9.82 Å². The minimum absolute atomic E-state index is 0. The topological polar surface area (TPSA) is 129 Å². The summed E-state index contributed by atoms with van der Waals surface area (Å²) in [6.45, 7) is 5.51. The number of nitro benzene ring substituents is 1. The van der Waals surface area contributed by atoms with Crippen LogP contribution in [-0.4, -0.2) is 70.0 Å². The maximum absolute atomic E-state index is 12.3. The maximum atomic E-state index is 12.3. The number of aliphatic imine (C=N–C) groups is 1. The number of nitrogens with zero attached hydrogens (tertiary/aromatic N) is 3. The van der Waals surface area contributed by atoms with E-state index in [1.165, 1.54) is 37.5 Å². The molecule has 0 bridgehead atoms. The lowest BCUT2D eigenvalue weighted by molar-refractivity contribution is -0.385. The van der Waals surface area contributed by atoms with Gasteiger partial charge in [-0.05, 0) is 31.9 Å². The van der Waals surface area contributed by atoms with Crippen LogP contribution in [-0.2, 0) is 10.0 Å². The molecule has 1 atom stereocenters. The molecule has 0 radical (unpaired) electrons. The summed E-state index contributed by atoms with van der Waals surface area (Å²) in [5, 5.41) is 17.2. The van der Waals surface area contributed by atoms with Gasteiger partial charge in [0.15, 0.2) is 5.96 Å². The Kier molecular flexibility index (Phi) is 12.3. The fourth-order valence-corrected chi connectivity index (χ4v) is 4.64. The van der Waals surface area contributed by atoms with Crippen LogP contribution in [0.2, 0.25) is 0 Å². The first-order valence-corrected chi connectivity index (χ1v) is 11.8. The van der Waals surface area contributed by atoms with Gasteiger partial charge in [-0.15, -0.1) is 24.0 Å². The zero-order valence-corrected chi connectivity index (χ0v) is 21.2. The van der Waals surface area contributed by atoms with Gasteiger partial charge in [0, 0.05) is 51.4 Å². The van der Waals surface area contributed by atoms with Gasteiger partial charge in [0.25, 0.3) is 5.69 Å². The minimum atomic E-state index is -3.82. The fourth-order valence-electron chi connectivity index (χ4n) is 3.57. The quantitative estimate of drug-likeness (QED) is 0.0983. The molecule has 1 unspecified atom stereocenters. The van der Waals surface area contributed by atoms with Crippen molar-refractivity contribution in [2.24, 2.45) is 4.99 Å². The van der Waals surface area contributed by atoms with E-state index in [9.17, 15) is 18.5 Å². The lowest BCUT2D eigenvalue weighted by atomic mass is 10.0. The molecule has 2 rings (SSSR count). The number of guanidine groups is 1. The van der Waals surface area contributed by atoms with Crippen LogP contribution in [0.4, 0.5) is 5.69 Å². The normalized spacial score (nSPS) is 17.6. The molecule has 1 saturated heterocycles. The molecule has 1 aromatic carbocycles. The third kappa shape index (κ3) is 8.86. The third-order valence-electron chi connectivity index (χ3n) is 5.18. The number of nitrogens with one attached hydrogen (secondary N) is 3. The number of halogens is 1. The molecule has 1 aliphatic rings. The molecule has 0 aliphatic carbocycles. The lowest BCUT2D eigenvalue weighted by Crippen LogP contribution is -2.46. The maximum Gasteiger partial charge on any atom is 0.270 e. The predicted octanol–water partition coefficient (Wildman–Crippen LogP) is 1.92. The van der Waals surface area contributed by atoms with E-state index >= 15 is 0 Å². The van der Waals surface area contributed by atoms with Crippen LogP contribution in [0.5, 0.6) is 0 Å². The van der Waals surface area contributed by atoms with Crippen molar-refractivity contribution in [3.63, 3.8) is 0 Å². The monoisotopic (exact) mass is 568 g/mol. The Morgan fingerprint density at radius 1 is 1.26 bits per heavy atom. The highest BCUT2D eigenvalue weighted by atomic mass is 127. The van der Waals surface area contributed by atoms with Gasteiger partial charge in [0.1, 0.15) is 0 Å². The number of hydrogen-bond donors (Lipinski definition) is 3. The average Bonchev–Trinajstić information content (AvgIpc) is 2.75. The van der Waals surface area contributed by atoms with Crippen LogP contribution < -0.4 is 15.4 Å². The Balaban J connectivity index is 0.00000480. The van der Waals surface area contributed by atoms with Gasteiger partial charge in [-0.25, -0.2) is 13.1 Å². The Hall–Kier alpha value is -1.51. The van der Waals surface area contributed by atoms with Gasteiger partial charge >= 0.3 is 0 Å². The highest BCUT2D eigenvalue weighted by Crippen LogP contribution is 2.18. The highest BCUT2D eigenvalue weighted by molar-refractivity contribution is 14.0. The number of rotatable bonds is 10. The third-order valence-corrected chi connectivity index (χ3v) is 6.64. The zero-order valence-electron chi connectivity index (χ0n) is 18.0. The van der Waals surface area contributed by atoms with Gasteiger partial charge in [0.2, 0.25) is 10.0 Å². The molecule has 1 aliphatic heterocycles. The van der Waals surface area contributed by atoms with Crippen LogP contribution in [0.25, 0.3) is 0 Å². The van der Waals surface area contributed by atoms with E-state index in [1.807, 2.05) is 0 Å². The second-order valence-electron chi connectivity index (χ2n) is 7.17. The van der Waals surface area contributed by atoms with Crippen LogP contribution in [0.1, 0.15) is 32.6 Å². The fraction of sp³-hybridized carbons (Fsp3) is 0.632. The number of sulfonamides is 1. The van der Waals surface area contributed by atoms with E-state index < -0.39 is 14.9 Å². The minimum Gasteiger partial charge on any atom is -0.355 e. The standard InChI is InChI=1S/C19H32N6O4S.HI/c1-3-16-7-4-5-13-24(16)14-12-22-19(20-2)21-10-11-23-30(28,29)18-9-6-8-17(15-18)25(26)27;/h6,8-9,15-16,23H,3-5,7,10-14H2,1-2H3,(H2,20,21,22);1H. The number of likely N-dealkylation sites (tertiary alicyclic amines) is 1. The van der Waals surface area contributed by atoms with Gasteiger partial charge in [-0.3, -0.25) is 20.0 Å². The molecular weight excluding hydrogens is 535 g/mol. The van der Waals surface area contributed by atoms with Crippen molar-refractivity contribution in [2.45, 2.75) is 43.5 Å². The molecule has 0 saturated carbocycles. The van der Waals surface area contributed by atoms with Crippen LogP contribution in [0.3, 0.4) is 0 Å². The summed E-state index contributed by atoms with van der Waals surface area (Å²) in [4.78, 5) is 16.7. The van der Waals surface area contributed by atoms with E-state index in [-0.39, 0.29) is 41.1 Å². The van der Waals surface area contributed by atoms with Crippen molar-refractivity contribution in [1.82, 2.24) is 20.3 Å². The van der Waals surface area contributed by atoms with Gasteiger partial charge in [-0.1, -0.05) is 19.4 Å². The average molecular weight is 568 g/mol. The van der Waals surface area contributed by atoms with E-state index in [0.717, 1.165) is 32.1 Å². The summed E-state index contributed by atoms with van der Waals surface area (Å²) in [6, 6.07) is 5.62. The molecule has 0 spiro atoms. The molecule has 1 heterocycles. The van der Waals surface area contributed by atoms with Crippen molar-refractivity contribution in [1.29, 1.82) is 0 Å². The van der Waals surface area contributed by atoms with E-state index in [0.29, 0.717) is 18.5 Å². The molecule has 31 heavy (non-hydrogen) atoms. The molecule has 12 heteroatoms. The summed E-state index contributed by atoms with van der Waals surface area (Å²) >= 11 is 0. The molecule has 0 amide bonds. The van der Waals surface area contributed by atoms with Crippen molar-refractivity contribution >= 4 is 45.6 Å². The summed E-state index contributed by atoms with van der Waals surface area (Å²) in [7, 11) is -2.16. The number of non-ortho nitro benzene ring substituents is 1. The molecular formula is C19H33IN6O4S. The molecule has 10 nitrogen and oxygen atoms in total. The lowest BCUT2D eigenvalue weighted by Gasteiger charge is -2.35. The second kappa shape index (κ2) is 13.8. The molecule has 0 aromatic heterocycles. The first-order valence-electron chi connectivity index (χ1n) is 10.3. The smallest absolute Gasteiger partial charge is 0.270 e. The van der Waals surface area contributed by atoms with Gasteiger partial charge in [-0.2, -0.15) is 0 Å². The summed E-state index contributed by atoms with van der Waals surface area (Å²) in [5.74, 6) is 0.606. The summed E-state index contributed by atoms with van der Waals surface area (Å²) in [5.41, 5.74) is -0.264. The van der Waals surface area contributed by atoms with Crippen molar-refractivity contribution in [2.75, 3.05) is 39.8 Å². The van der Waals surface area contributed by atoms with E-state index in [4.69, 9.17) is 0 Å². The van der Waals surface area contributed by atoms with Crippen molar-refractivity contribution in [3.8, 4) is 0 Å². The highest BCUT2D eigenvalue weighted by Gasteiger charge is 2.20. The Bertz CT molecular complexity index is 836. The van der Waals surface area contributed by atoms with Crippen LogP contribution in [0, 0.1) is 10.1 Å². The van der Waals surface area contributed by atoms with Crippen LogP contribution >= 0.6 is 24.0 Å². The summed E-state index contributed by atoms with van der Waals surface area (Å²) in [6.07, 6.45) is 4.97. The van der Waals surface area contributed by atoms with E-state index in [1.54, 1.807) is 7.05 Å². The first-order chi connectivity index (χ1) is 14.4. The number of nitro groups is 1. The number of hydrogen-bond acceptors (Lipinski definition) is 6. The number of benzene rings is 1. The molecule has 1 aromatic rings. The van der Waals surface area contributed by atoms with Gasteiger partial charge < -0.3 is 10.6 Å². The summed E-state index contributed by atoms with van der Waals surface area (Å²) < 4.78 is 27.1.